The SMILES string of the molecule is CCCOP(=O)(CC(F)(F)F)OC. The first-order valence-electron chi connectivity index (χ1n) is 3.69. The smallest absolute Gasteiger partial charge is 0.312 e. The van der Waals surface area contributed by atoms with Crippen molar-refractivity contribution in [2.45, 2.75) is 19.5 Å². The van der Waals surface area contributed by atoms with E-state index in [9.17, 15) is 17.7 Å². The highest BCUT2D eigenvalue weighted by Gasteiger charge is 2.40. The van der Waals surface area contributed by atoms with Gasteiger partial charge < -0.3 is 9.05 Å². The molecule has 0 N–H and O–H groups in total. The molecule has 0 rings (SSSR count). The molecule has 0 amide bonds. The number of halogens is 3. The maximum absolute atomic E-state index is 11.8. The van der Waals surface area contributed by atoms with Gasteiger partial charge in [0.15, 0.2) is 0 Å². The Morgan fingerprint density at radius 2 is 1.92 bits per heavy atom. The molecule has 0 spiro atoms. The fraction of sp³-hybridized carbons (Fsp3) is 1.00. The van der Waals surface area contributed by atoms with Crippen LogP contribution in [0, 0.1) is 0 Å². The van der Waals surface area contributed by atoms with Gasteiger partial charge in [0.25, 0.3) is 0 Å². The second kappa shape index (κ2) is 4.98. The number of hydrogen-bond donors (Lipinski definition) is 0. The van der Waals surface area contributed by atoms with Gasteiger partial charge in [0, 0.05) is 7.11 Å². The Labute approximate surface area is 74.8 Å². The molecule has 0 aromatic heterocycles. The minimum Gasteiger partial charge on any atom is -0.312 e. The van der Waals surface area contributed by atoms with E-state index >= 15 is 0 Å². The highest BCUT2D eigenvalue weighted by atomic mass is 31.2. The Balaban J connectivity index is 4.20. The second-order valence-electron chi connectivity index (χ2n) is 2.40. The fourth-order valence-corrected chi connectivity index (χ4v) is 1.84. The maximum atomic E-state index is 11.8. The summed E-state index contributed by atoms with van der Waals surface area (Å²) in [5, 5.41) is 0. The van der Waals surface area contributed by atoms with Gasteiger partial charge in [-0.1, -0.05) is 6.92 Å². The molecule has 7 heteroatoms. The first-order valence-corrected chi connectivity index (χ1v) is 5.42. The fourth-order valence-electron chi connectivity index (χ4n) is 0.613. The minimum absolute atomic E-state index is 0.00119. The Bertz CT molecular complexity index is 192. The summed E-state index contributed by atoms with van der Waals surface area (Å²) in [7, 11) is -3.02. The summed E-state index contributed by atoms with van der Waals surface area (Å²) in [6.45, 7) is 1.70. The lowest BCUT2D eigenvalue weighted by atomic mass is 10.5. The standard InChI is InChI=1S/C6H12F3O3P/c1-3-4-12-13(10,11-2)5-6(7,8)9/h3-5H2,1-2H3. The van der Waals surface area contributed by atoms with Gasteiger partial charge >= 0.3 is 13.8 Å². The van der Waals surface area contributed by atoms with Crippen molar-refractivity contribution in [3.8, 4) is 0 Å². The lowest BCUT2D eigenvalue weighted by molar-refractivity contribution is -0.110. The van der Waals surface area contributed by atoms with E-state index in [1.54, 1.807) is 6.92 Å². The van der Waals surface area contributed by atoms with E-state index < -0.39 is 19.9 Å². The van der Waals surface area contributed by atoms with Gasteiger partial charge in [0.2, 0.25) is 0 Å². The van der Waals surface area contributed by atoms with E-state index in [4.69, 9.17) is 0 Å². The molecular formula is C6H12F3O3P. The third kappa shape index (κ3) is 6.07. The van der Waals surface area contributed by atoms with Crippen LogP contribution in [0.25, 0.3) is 0 Å². The van der Waals surface area contributed by atoms with E-state index in [0.717, 1.165) is 7.11 Å². The van der Waals surface area contributed by atoms with E-state index in [0.29, 0.717) is 6.42 Å². The van der Waals surface area contributed by atoms with Crippen LogP contribution in [0.5, 0.6) is 0 Å². The average Bonchev–Trinajstić information content (AvgIpc) is 1.98. The first-order chi connectivity index (χ1) is 5.83. The normalized spacial score (nSPS) is 17.0. The Morgan fingerprint density at radius 3 is 2.23 bits per heavy atom. The van der Waals surface area contributed by atoms with Crippen LogP contribution in [0.3, 0.4) is 0 Å². The summed E-state index contributed by atoms with van der Waals surface area (Å²) in [5.41, 5.74) is 0. The number of hydrogen-bond acceptors (Lipinski definition) is 3. The molecular weight excluding hydrogens is 208 g/mol. The largest absolute Gasteiger partial charge is 0.400 e. The lowest BCUT2D eigenvalue weighted by Gasteiger charge is -2.17. The van der Waals surface area contributed by atoms with E-state index in [2.05, 4.69) is 9.05 Å². The van der Waals surface area contributed by atoms with Crippen molar-refractivity contribution in [1.82, 2.24) is 0 Å². The van der Waals surface area contributed by atoms with Crippen molar-refractivity contribution >= 4 is 7.60 Å². The Hall–Kier alpha value is -0.0600. The van der Waals surface area contributed by atoms with Crippen LogP contribution in [0.1, 0.15) is 13.3 Å². The van der Waals surface area contributed by atoms with E-state index in [-0.39, 0.29) is 6.61 Å². The van der Waals surface area contributed by atoms with Crippen LogP contribution < -0.4 is 0 Å². The van der Waals surface area contributed by atoms with Gasteiger partial charge in [-0.3, -0.25) is 4.57 Å². The summed E-state index contributed by atoms with van der Waals surface area (Å²) in [4.78, 5) is 0. The molecule has 0 bridgehead atoms. The lowest BCUT2D eigenvalue weighted by Crippen LogP contribution is -2.16. The van der Waals surface area contributed by atoms with Crippen molar-refractivity contribution in [3.05, 3.63) is 0 Å². The molecule has 0 aliphatic carbocycles. The van der Waals surface area contributed by atoms with Crippen molar-refractivity contribution in [1.29, 1.82) is 0 Å². The third-order valence-corrected chi connectivity index (χ3v) is 3.02. The van der Waals surface area contributed by atoms with Crippen LogP contribution in [-0.2, 0) is 13.6 Å². The van der Waals surface area contributed by atoms with Crippen LogP contribution in [0.15, 0.2) is 0 Å². The molecule has 1 atom stereocenters. The predicted molar refractivity (Wildman–Crippen MR) is 41.8 cm³/mol. The molecule has 0 aromatic rings. The summed E-state index contributed by atoms with van der Waals surface area (Å²) in [6, 6.07) is 0. The summed E-state index contributed by atoms with van der Waals surface area (Å²) < 4.78 is 55.4. The zero-order chi connectivity index (χ0) is 10.5. The Kier molecular flexibility index (Phi) is 4.96. The van der Waals surface area contributed by atoms with Gasteiger partial charge in [-0.2, -0.15) is 13.2 Å². The predicted octanol–water partition coefficient (Wildman–Crippen LogP) is 2.81. The highest BCUT2D eigenvalue weighted by molar-refractivity contribution is 7.53. The molecule has 0 heterocycles. The average molecular weight is 220 g/mol. The molecule has 3 nitrogen and oxygen atoms in total. The molecule has 0 radical (unpaired) electrons. The quantitative estimate of drug-likeness (QED) is 0.668. The summed E-state index contributed by atoms with van der Waals surface area (Å²) in [5.74, 6) is 0. The summed E-state index contributed by atoms with van der Waals surface area (Å²) >= 11 is 0. The molecule has 1 unspecified atom stereocenters. The molecule has 0 saturated heterocycles. The van der Waals surface area contributed by atoms with Crippen LogP contribution in [0.4, 0.5) is 13.2 Å². The van der Waals surface area contributed by atoms with Crippen molar-refractivity contribution in [2.75, 3.05) is 19.9 Å². The zero-order valence-corrected chi connectivity index (χ0v) is 8.32. The molecule has 0 fully saturated rings. The second-order valence-corrected chi connectivity index (χ2v) is 4.56. The molecule has 0 aliphatic heterocycles. The van der Waals surface area contributed by atoms with E-state index in [1.165, 1.54) is 0 Å². The molecule has 0 saturated carbocycles. The van der Waals surface area contributed by atoms with E-state index in [1.807, 2.05) is 0 Å². The van der Waals surface area contributed by atoms with Crippen LogP contribution in [-0.4, -0.2) is 26.1 Å². The van der Waals surface area contributed by atoms with Crippen molar-refractivity contribution < 1.29 is 26.8 Å². The van der Waals surface area contributed by atoms with Crippen LogP contribution >= 0.6 is 7.60 Å². The van der Waals surface area contributed by atoms with Gasteiger partial charge in [0.1, 0.15) is 6.16 Å². The van der Waals surface area contributed by atoms with Gasteiger partial charge in [-0.05, 0) is 6.42 Å². The third-order valence-electron chi connectivity index (χ3n) is 1.14. The summed E-state index contributed by atoms with van der Waals surface area (Å²) in [6.07, 6.45) is -5.57. The molecule has 80 valence electrons. The Morgan fingerprint density at radius 1 is 1.38 bits per heavy atom. The number of alkyl halides is 3. The minimum atomic E-state index is -4.53. The highest BCUT2D eigenvalue weighted by Crippen LogP contribution is 2.51. The van der Waals surface area contributed by atoms with Crippen molar-refractivity contribution in [2.24, 2.45) is 0 Å². The zero-order valence-electron chi connectivity index (χ0n) is 7.43. The molecule has 13 heavy (non-hydrogen) atoms. The van der Waals surface area contributed by atoms with Gasteiger partial charge in [-0.15, -0.1) is 0 Å². The van der Waals surface area contributed by atoms with Crippen molar-refractivity contribution in [3.63, 3.8) is 0 Å². The number of rotatable bonds is 5. The van der Waals surface area contributed by atoms with Crippen LogP contribution in [0.2, 0.25) is 0 Å². The maximum Gasteiger partial charge on any atom is 0.400 e. The molecule has 0 aliphatic rings. The monoisotopic (exact) mass is 220 g/mol. The first kappa shape index (κ1) is 12.9. The van der Waals surface area contributed by atoms with Gasteiger partial charge in [0.05, 0.1) is 6.61 Å². The topological polar surface area (TPSA) is 35.5 Å². The molecule has 0 aromatic carbocycles. The van der Waals surface area contributed by atoms with Gasteiger partial charge in [-0.25, -0.2) is 0 Å².